The number of carbonyl (C=O) groups excluding carboxylic acids is 2. The molecular formula is C31H35N5O4. The maximum Gasteiger partial charge on any atom is 0.297 e. The maximum absolute atomic E-state index is 13.4. The van der Waals surface area contributed by atoms with Crippen molar-refractivity contribution in [2.75, 3.05) is 50.5 Å². The van der Waals surface area contributed by atoms with Gasteiger partial charge in [-0.15, -0.1) is 0 Å². The van der Waals surface area contributed by atoms with Crippen molar-refractivity contribution < 1.29 is 19.1 Å². The van der Waals surface area contributed by atoms with Crippen LogP contribution in [0.1, 0.15) is 29.8 Å². The van der Waals surface area contributed by atoms with Crippen LogP contribution in [-0.4, -0.2) is 65.8 Å². The molecule has 4 aromatic rings. The Balaban J connectivity index is 1.30. The molecule has 1 fully saturated rings. The minimum absolute atomic E-state index is 0.320. The zero-order valence-corrected chi connectivity index (χ0v) is 22.9. The number of benzene rings is 3. The summed E-state index contributed by atoms with van der Waals surface area (Å²) in [6.45, 7) is 8.63. The molecule has 1 aliphatic rings. The van der Waals surface area contributed by atoms with Crippen LogP contribution in [0.25, 0.3) is 10.8 Å². The summed E-state index contributed by atoms with van der Waals surface area (Å²) in [5.41, 5.74) is 7.46. The van der Waals surface area contributed by atoms with E-state index in [1.54, 1.807) is 29.1 Å². The first-order chi connectivity index (χ1) is 19.3. The number of morpholine rings is 1. The lowest BCUT2D eigenvalue weighted by Gasteiger charge is -2.27. The van der Waals surface area contributed by atoms with Gasteiger partial charge in [0.25, 0.3) is 11.7 Å². The highest BCUT2D eigenvalue weighted by Crippen LogP contribution is 2.30. The van der Waals surface area contributed by atoms with E-state index in [4.69, 9.17) is 15.2 Å². The number of nitrogens with one attached hydrogen (secondary N) is 1. The van der Waals surface area contributed by atoms with Gasteiger partial charge >= 0.3 is 0 Å². The van der Waals surface area contributed by atoms with Gasteiger partial charge < -0.3 is 20.5 Å². The fourth-order valence-corrected chi connectivity index (χ4v) is 5.09. The van der Waals surface area contributed by atoms with Gasteiger partial charge in [-0.05, 0) is 55.5 Å². The predicted octanol–water partition coefficient (Wildman–Crippen LogP) is 4.13. The lowest BCUT2D eigenvalue weighted by atomic mass is 9.95. The Morgan fingerprint density at radius 3 is 2.48 bits per heavy atom. The number of anilines is 2. The van der Waals surface area contributed by atoms with Gasteiger partial charge in [0.1, 0.15) is 18.2 Å². The predicted molar refractivity (Wildman–Crippen MR) is 156 cm³/mol. The average molecular weight is 542 g/mol. The van der Waals surface area contributed by atoms with Crippen molar-refractivity contribution >= 4 is 34.0 Å². The van der Waals surface area contributed by atoms with Gasteiger partial charge in [-0.25, -0.2) is 4.68 Å². The number of Topliss-reactive ketones (excluding diaryl/α,β-unsaturated/α-hetero) is 1. The van der Waals surface area contributed by atoms with Crippen LogP contribution >= 0.6 is 0 Å². The van der Waals surface area contributed by atoms with Crippen LogP contribution in [0.5, 0.6) is 5.75 Å². The van der Waals surface area contributed by atoms with Crippen LogP contribution < -0.4 is 15.8 Å². The molecule has 1 aromatic heterocycles. The highest BCUT2D eigenvalue weighted by Gasteiger charge is 2.27. The standard InChI is InChI=1S/C31H35N5O4/c1-31(2,21-22-7-9-23(32)10-8-22)36-28(13-14-33-36)34-30(38)29(37)26-11-12-27(25-6-4-3-5-24(25)26)40-20-17-35-15-18-39-19-16-35/h3-14H,15-21,32H2,1-2H3,(H,34,38). The number of nitrogens with two attached hydrogens (primary N) is 1. The van der Waals surface area contributed by atoms with Gasteiger partial charge in [0.2, 0.25) is 0 Å². The maximum atomic E-state index is 13.4. The number of aromatic nitrogens is 2. The highest BCUT2D eigenvalue weighted by molar-refractivity contribution is 6.48. The third kappa shape index (κ3) is 6.16. The molecule has 0 spiro atoms. The molecule has 9 heteroatoms. The molecule has 208 valence electrons. The van der Waals surface area contributed by atoms with E-state index >= 15 is 0 Å². The third-order valence-corrected chi connectivity index (χ3v) is 7.18. The number of fused-ring (bicyclic) bond motifs is 1. The largest absolute Gasteiger partial charge is 0.492 e. The van der Waals surface area contributed by atoms with E-state index in [1.165, 1.54) is 0 Å². The third-order valence-electron chi connectivity index (χ3n) is 7.18. The molecular weight excluding hydrogens is 506 g/mol. The minimum Gasteiger partial charge on any atom is -0.492 e. The quantitative estimate of drug-likeness (QED) is 0.176. The lowest BCUT2D eigenvalue weighted by molar-refractivity contribution is -0.112. The molecule has 1 saturated heterocycles. The smallest absolute Gasteiger partial charge is 0.297 e. The van der Waals surface area contributed by atoms with Crippen LogP contribution in [0, 0.1) is 0 Å². The van der Waals surface area contributed by atoms with Crippen molar-refractivity contribution in [1.82, 2.24) is 14.7 Å². The van der Waals surface area contributed by atoms with E-state index in [1.807, 2.05) is 62.4 Å². The Kier molecular flexibility index (Phi) is 8.14. The van der Waals surface area contributed by atoms with Gasteiger partial charge in [-0.3, -0.25) is 14.5 Å². The Labute approximate surface area is 233 Å². The van der Waals surface area contributed by atoms with Gasteiger partial charge in [-0.2, -0.15) is 5.10 Å². The van der Waals surface area contributed by atoms with E-state index in [0.717, 1.165) is 43.8 Å². The van der Waals surface area contributed by atoms with E-state index in [0.29, 0.717) is 41.2 Å². The first kappa shape index (κ1) is 27.4. The van der Waals surface area contributed by atoms with Crippen molar-refractivity contribution in [2.45, 2.75) is 25.8 Å². The molecule has 0 bridgehead atoms. The molecule has 0 aliphatic carbocycles. The van der Waals surface area contributed by atoms with Gasteiger partial charge in [0, 0.05) is 42.3 Å². The lowest BCUT2D eigenvalue weighted by Crippen LogP contribution is -2.38. The molecule has 9 nitrogen and oxygen atoms in total. The van der Waals surface area contributed by atoms with Crippen LogP contribution in [0.15, 0.2) is 72.9 Å². The molecule has 0 radical (unpaired) electrons. The zero-order valence-electron chi connectivity index (χ0n) is 22.9. The second-order valence-corrected chi connectivity index (χ2v) is 10.6. The second kappa shape index (κ2) is 11.9. The van der Waals surface area contributed by atoms with E-state index in [-0.39, 0.29) is 0 Å². The molecule has 40 heavy (non-hydrogen) atoms. The molecule has 1 aliphatic heterocycles. The fraction of sp³-hybridized carbons (Fsp3) is 0.323. The highest BCUT2D eigenvalue weighted by atomic mass is 16.5. The van der Waals surface area contributed by atoms with Crippen molar-refractivity contribution in [3.8, 4) is 5.75 Å². The van der Waals surface area contributed by atoms with Crippen LogP contribution in [0.4, 0.5) is 11.5 Å². The molecule has 0 saturated carbocycles. The molecule has 1 amide bonds. The molecule has 2 heterocycles. The van der Waals surface area contributed by atoms with Gasteiger partial charge in [0.15, 0.2) is 0 Å². The first-order valence-electron chi connectivity index (χ1n) is 13.5. The molecule has 5 rings (SSSR count). The minimum atomic E-state index is -0.726. The number of nitrogen functional groups attached to an aromatic ring is 1. The summed E-state index contributed by atoms with van der Waals surface area (Å²) in [5.74, 6) is -0.217. The normalized spacial score (nSPS) is 14.2. The van der Waals surface area contributed by atoms with E-state index in [9.17, 15) is 9.59 Å². The summed E-state index contributed by atoms with van der Waals surface area (Å²) in [6, 6.07) is 20.3. The number of ketones is 1. The first-order valence-corrected chi connectivity index (χ1v) is 13.5. The number of nitrogens with zero attached hydrogens (tertiary/aromatic N) is 3. The molecule has 3 N–H and O–H groups in total. The number of ether oxygens (including phenoxy) is 2. The van der Waals surface area contributed by atoms with Crippen molar-refractivity contribution in [3.05, 3.63) is 84.1 Å². The number of amides is 1. The van der Waals surface area contributed by atoms with Crippen LogP contribution in [-0.2, 0) is 21.5 Å². The van der Waals surface area contributed by atoms with Crippen molar-refractivity contribution in [2.24, 2.45) is 0 Å². The molecule has 3 aromatic carbocycles. The monoisotopic (exact) mass is 541 g/mol. The molecule has 0 atom stereocenters. The Bertz CT molecular complexity index is 1490. The number of rotatable bonds is 10. The van der Waals surface area contributed by atoms with Crippen LogP contribution in [0.3, 0.4) is 0 Å². The summed E-state index contributed by atoms with van der Waals surface area (Å²) >= 11 is 0. The topological polar surface area (TPSA) is 112 Å². The van der Waals surface area contributed by atoms with Crippen LogP contribution in [0.2, 0.25) is 0 Å². The number of carbonyl (C=O) groups is 2. The molecule has 0 unspecified atom stereocenters. The number of hydrogen-bond donors (Lipinski definition) is 2. The van der Waals surface area contributed by atoms with Crippen molar-refractivity contribution in [3.63, 3.8) is 0 Å². The second-order valence-electron chi connectivity index (χ2n) is 10.6. The van der Waals surface area contributed by atoms with Crippen molar-refractivity contribution in [1.29, 1.82) is 0 Å². The summed E-state index contributed by atoms with van der Waals surface area (Å²) in [5, 5.41) is 8.69. The van der Waals surface area contributed by atoms with Gasteiger partial charge in [0.05, 0.1) is 24.9 Å². The summed E-state index contributed by atoms with van der Waals surface area (Å²) in [6.07, 6.45) is 2.27. The summed E-state index contributed by atoms with van der Waals surface area (Å²) in [7, 11) is 0. The Morgan fingerprint density at radius 2 is 1.73 bits per heavy atom. The van der Waals surface area contributed by atoms with Gasteiger partial charge in [-0.1, -0.05) is 36.4 Å². The van der Waals surface area contributed by atoms with E-state index < -0.39 is 17.2 Å². The Morgan fingerprint density at radius 1 is 1.00 bits per heavy atom. The Hall–Kier alpha value is -4.21. The SMILES string of the molecule is CC(C)(Cc1ccc(N)cc1)n1nccc1NC(=O)C(=O)c1ccc(OCCN2CCOCC2)c2ccccc12. The fourth-order valence-electron chi connectivity index (χ4n) is 5.09. The number of hydrogen-bond acceptors (Lipinski definition) is 7. The summed E-state index contributed by atoms with van der Waals surface area (Å²) in [4.78, 5) is 28.9. The van der Waals surface area contributed by atoms with E-state index in [2.05, 4.69) is 15.3 Å². The zero-order chi connectivity index (χ0) is 28.1. The summed E-state index contributed by atoms with van der Waals surface area (Å²) < 4.78 is 13.2. The average Bonchev–Trinajstić information content (AvgIpc) is 3.44.